The van der Waals surface area contributed by atoms with E-state index in [2.05, 4.69) is 33.6 Å². The van der Waals surface area contributed by atoms with Crippen LogP contribution in [0.5, 0.6) is 0 Å². The lowest BCUT2D eigenvalue weighted by molar-refractivity contribution is -0.127. The van der Waals surface area contributed by atoms with E-state index in [4.69, 9.17) is 20.4 Å². The molecule has 10 nitrogen and oxygen atoms in total. The third kappa shape index (κ3) is 3.52. The number of hydrogen-bond acceptors (Lipinski definition) is 9. The molecule has 3 aliphatic heterocycles. The summed E-state index contributed by atoms with van der Waals surface area (Å²) in [6.07, 6.45) is 5.22. The first-order valence-corrected chi connectivity index (χ1v) is 11.2. The van der Waals surface area contributed by atoms with Crippen LogP contribution in [0.1, 0.15) is 32.8 Å². The van der Waals surface area contributed by atoms with Crippen molar-refractivity contribution in [3.05, 3.63) is 18.0 Å². The van der Waals surface area contributed by atoms with Crippen molar-refractivity contribution >= 4 is 23.6 Å². The molecule has 0 bridgehead atoms. The van der Waals surface area contributed by atoms with Crippen molar-refractivity contribution in [2.45, 2.75) is 45.2 Å². The SMILES string of the molecule is CC(=O)N1CC[C@@](C)(N2CCc3c(-c4cnc(N)nc4)nc(N4CCOC[C@@H]4C)nc32)C1. The second kappa shape index (κ2) is 7.84. The number of carbonyl (C=O) groups is 1. The van der Waals surface area contributed by atoms with E-state index in [0.29, 0.717) is 25.7 Å². The van der Waals surface area contributed by atoms with Crippen LogP contribution in [-0.2, 0) is 16.0 Å². The second-order valence-corrected chi connectivity index (χ2v) is 9.21. The molecular formula is C22H30N8O2. The van der Waals surface area contributed by atoms with E-state index in [9.17, 15) is 4.79 Å². The minimum atomic E-state index is -0.159. The average molecular weight is 439 g/mol. The molecule has 1 amide bonds. The molecule has 5 rings (SSSR count). The quantitative estimate of drug-likeness (QED) is 0.753. The summed E-state index contributed by atoms with van der Waals surface area (Å²) in [5, 5.41) is 0. The van der Waals surface area contributed by atoms with Crippen molar-refractivity contribution in [1.82, 2.24) is 24.8 Å². The van der Waals surface area contributed by atoms with E-state index < -0.39 is 0 Å². The van der Waals surface area contributed by atoms with Crippen LogP contribution in [0.2, 0.25) is 0 Å². The van der Waals surface area contributed by atoms with Gasteiger partial charge in [-0.25, -0.2) is 15.0 Å². The van der Waals surface area contributed by atoms with E-state index in [-0.39, 0.29) is 23.4 Å². The first-order chi connectivity index (χ1) is 15.4. The van der Waals surface area contributed by atoms with Gasteiger partial charge in [0, 0.05) is 56.6 Å². The number of fused-ring (bicyclic) bond motifs is 1. The molecule has 0 saturated carbocycles. The van der Waals surface area contributed by atoms with Crippen molar-refractivity contribution in [2.24, 2.45) is 0 Å². The summed E-state index contributed by atoms with van der Waals surface area (Å²) in [6, 6.07) is 0.183. The van der Waals surface area contributed by atoms with E-state index in [1.54, 1.807) is 19.3 Å². The molecule has 2 N–H and O–H groups in total. The number of likely N-dealkylation sites (tertiary alicyclic amines) is 1. The highest BCUT2D eigenvalue weighted by Gasteiger charge is 2.44. The van der Waals surface area contributed by atoms with Crippen LogP contribution >= 0.6 is 0 Å². The van der Waals surface area contributed by atoms with Crippen LogP contribution in [0.3, 0.4) is 0 Å². The molecular weight excluding hydrogens is 408 g/mol. The number of morpholine rings is 1. The Hall–Kier alpha value is -3.01. The van der Waals surface area contributed by atoms with E-state index >= 15 is 0 Å². The van der Waals surface area contributed by atoms with Gasteiger partial charge in [0.05, 0.1) is 30.5 Å². The number of ether oxygens (including phenoxy) is 1. The number of aromatic nitrogens is 4. The Kier molecular flexibility index (Phi) is 5.11. The predicted octanol–water partition coefficient (Wildman–Crippen LogP) is 1.11. The Labute approximate surface area is 187 Å². The maximum absolute atomic E-state index is 12.0. The Balaban J connectivity index is 1.60. The highest BCUT2D eigenvalue weighted by atomic mass is 16.5. The molecule has 3 aliphatic rings. The van der Waals surface area contributed by atoms with Gasteiger partial charge in [0.2, 0.25) is 17.8 Å². The smallest absolute Gasteiger partial charge is 0.228 e. The molecule has 10 heteroatoms. The number of rotatable bonds is 3. The molecule has 2 atom stereocenters. The summed E-state index contributed by atoms with van der Waals surface area (Å²) < 4.78 is 5.63. The lowest BCUT2D eigenvalue weighted by atomic mass is 9.99. The number of nitrogen functional groups attached to an aromatic ring is 1. The monoisotopic (exact) mass is 438 g/mol. The highest BCUT2D eigenvalue weighted by molar-refractivity contribution is 5.75. The maximum atomic E-state index is 12.0. The Morgan fingerprint density at radius 2 is 2.00 bits per heavy atom. The Morgan fingerprint density at radius 1 is 1.22 bits per heavy atom. The van der Waals surface area contributed by atoms with Gasteiger partial charge < -0.3 is 25.2 Å². The lowest BCUT2D eigenvalue weighted by Crippen LogP contribution is -2.49. The van der Waals surface area contributed by atoms with Gasteiger partial charge in [-0.2, -0.15) is 4.98 Å². The minimum absolute atomic E-state index is 0.123. The highest BCUT2D eigenvalue weighted by Crippen LogP contribution is 2.41. The molecule has 32 heavy (non-hydrogen) atoms. The van der Waals surface area contributed by atoms with Crippen molar-refractivity contribution in [2.75, 3.05) is 54.9 Å². The normalized spacial score (nSPS) is 25.3. The number of nitrogens with two attached hydrogens (primary N) is 1. The number of anilines is 3. The van der Waals surface area contributed by atoms with Crippen LogP contribution in [0.4, 0.5) is 17.7 Å². The van der Waals surface area contributed by atoms with Crippen LogP contribution in [0, 0.1) is 0 Å². The first kappa shape index (κ1) is 20.9. The van der Waals surface area contributed by atoms with Crippen LogP contribution in [-0.4, -0.2) is 81.7 Å². The number of carbonyl (C=O) groups excluding carboxylic acids is 1. The van der Waals surface area contributed by atoms with Crippen LogP contribution < -0.4 is 15.5 Å². The van der Waals surface area contributed by atoms with Crippen molar-refractivity contribution in [3.8, 4) is 11.3 Å². The molecule has 0 aliphatic carbocycles. The van der Waals surface area contributed by atoms with E-state index in [1.165, 1.54) is 0 Å². The summed E-state index contributed by atoms with van der Waals surface area (Å²) in [5.41, 5.74) is 8.36. The molecule has 0 spiro atoms. The van der Waals surface area contributed by atoms with Crippen LogP contribution in [0.25, 0.3) is 11.3 Å². The fraction of sp³-hybridized carbons (Fsp3) is 0.591. The molecule has 2 aromatic heterocycles. The van der Waals surface area contributed by atoms with Gasteiger partial charge in [-0.1, -0.05) is 0 Å². The predicted molar refractivity (Wildman–Crippen MR) is 121 cm³/mol. The topological polar surface area (TPSA) is 114 Å². The van der Waals surface area contributed by atoms with Crippen molar-refractivity contribution in [1.29, 1.82) is 0 Å². The minimum Gasteiger partial charge on any atom is -0.377 e. The molecule has 2 fully saturated rings. The number of amides is 1. The van der Waals surface area contributed by atoms with E-state index in [0.717, 1.165) is 55.1 Å². The molecule has 0 radical (unpaired) electrons. The summed E-state index contributed by atoms with van der Waals surface area (Å²) in [6.45, 7) is 10.4. The molecule has 2 saturated heterocycles. The summed E-state index contributed by atoms with van der Waals surface area (Å²) in [4.78, 5) is 37.0. The third-order valence-electron chi connectivity index (χ3n) is 6.93. The molecule has 170 valence electrons. The molecule has 2 aromatic rings. The van der Waals surface area contributed by atoms with Gasteiger partial charge in [0.15, 0.2) is 0 Å². The lowest BCUT2D eigenvalue weighted by Gasteiger charge is -2.38. The van der Waals surface area contributed by atoms with Gasteiger partial charge in [0.1, 0.15) is 5.82 Å². The largest absolute Gasteiger partial charge is 0.377 e. The average Bonchev–Trinajstić information content (AvgIpc) is 3.39. The van der Waals surface area contributed by atoms with E-state index in [1.807, 2.05) is 4.90 Å². The molecule has 0 unspecified atom stereocenters. The fourth-order valence-electron chi connectivity index (χ4n) is 5.06. The first-order valence-electron chi connectivity index (χ1n) is 11.2. The van der Waals surface area contributed by atoms with Gasteiger partial charge >= 0.3 is 0 Å². The van der Waals surface area contributed by atoms with Gasteiger partial charge in [-0.15, -0.1) is 0 Å². The number of hydrogen-bond donors (Lipinski definition) is 1. The summed E-state index contributed by atoms with van der Waals surface area (Å²) >= 11 is 0. The number of nitrogens with zero attached hydrogens (tertiary/aromatic N) is 7. The zero-order chi connectivity index (χ0) is 22.5. The van der Waals surface area contributed by atoms with Crippen LogP contribution in [0.15, 0.2) is 12.4 Å². The molecule has 0 aromatic carbocycles. The van der Waals surface area contributed by atoms with Gasteiger partial charge in [-0.05, 0) is 26.7 Å². The molecule has 5 heterocycles. The van der Waals surface area contributed by atoms with Crippen molar-refractivity contribution in [3.63, 3.8) is 0 Å². The zero-order valence-electron chi connectivity index (χ0n) is 18.9. The summed E-state index contributed by atoms with van der Waals surface area (Å²) in [5.74, 6) is 2.01. The third-order valence-corrected chi connectivity index (χ3v) is 6.93. The zero-order valence-corrected chi connectivity index (χ0v) is 18.9. The second-order valence-electron chi connectivity index (χ2n) is 9.21. The van der Waals surface area contributed by atoms with Crippen molar-refractivity contribution < 1.29 is 9.53 Å². The van der Waals surface area contributed by atoms with Gasteiger partial charge in [-0.3, -0.25) is 4.79 Å². The Bertz CT molecular complexity index is 1030. The standard InChI is InChI=1S/C22H30N8O2/c1-14-12-32-9-8-29(14)21-26-18(16-10-24-20(23)25-11-16)17-4-6-30(19(17)27-21)22(3)5-7-28(13-22)15(2)31/h10-11,14H,4-9,12-13H2,1-3H3,(H2,23,24,25)/t14-,22+/m0/s1. The fourth-order valence-corrected chi connectivity index (χ4v) is 5.06. The summed E-state index contributed by atoms with van der Waals surface area (Å²) in [7, 11) is 0. The van der Waals surface area contributed by atoms with Gasteiger partial charge in [0.25, 0.3) is 0 Å². The Morgan fingerprint density at radius 3 is 2.69 bits per heavy atom. The maximum Gasteiger partial charge on any atom is 0.228 e.